The molecule has 0 saturated carbocycles. The summed E-state index contributed by atoms with van der Waals surface area (Å²) in [5.74, 6) is -1.70. The summed E-state index contributed by atoms with van der Waals surface area (Å²) in [7, 11) is -4.18. The molecule has 31 heavy (non-hydrogen) atoms. The average molecular weight is 447 g/mol. The van der Waals surface area contributed by atoms with Gasteiger partial charge in [-0.2, -0.15) is 0 Å². The number of benzene rings is 2. The van der Waals surface area contributed by atoms with Gasteiger partial charge in [0.2, 0.25) is 0 Å². The molecule has 2 aromatic carbocycles. The fourth-order valence-electron chi connectivity index (χ4n) is 3.63. The lowest BCUT2D eigenvalue weighted by molar-refractivity contribution is -0.127. The highest BCUT2D eigenvalue weighted by Crippen LogP contribution is 2.24. The normalized spacial score (nSPS) is 18.9. The lowest BCUT2D eigenvalue weighted by Crippen LogP contribution is -2.42. The van der Waals surface area contributed by atoms with Gasteiger partial charge in [0.25, 0.3) is 21.8 Å². The molecule has 3 amide bonds. The maximum absolute atomic E-state index is 13.9. The Balaban J connectivity index is 1.48. The largest absolute Gasteiger partial charge is 0.439 e. The zero-order valence-corrected chi connectivity index (χ0v) is 17.0. The molecule has 2 aliphatic rings. The molecule has 2 fully saturated rings. The van der Waals surface area contributed by atoms with Crippen molar-refractivity contribution in [3.05, 3.63) is 59.9 Å². The lowest BCUT2D eigenvalue weighted by atomic mass is 10.2. The molecule has 2 aliphatic heterocycles. The number of halogens is 1. The number of cyclic esters (lactones) is 1. The third kappa shape index (κ3) is 4.08. The molecule has 1 unspecified atom stereocenters. The van der Waals surface area contributed by atoms with Crippen molar-refractivity contribution >= 4 is 33.6 Å². The van der Waals surface area contributed by atoms with E-state index in [0.717, 1.165) is 17.0 Å². The molecule has 0 aromatic heterocycles. The SMILES string of the molecule is O=C(c1cccc(NS(=O)(=O)c2ccccc2F)c1)N1CCC(N2C(=O)COC2=O)C1. The number of hydrogen-bond acceptors (Lipinski definition) is 6. The number of amides is 3. The van der Waals surface area contributed by atoms with Crippen molar-refractivity contribution in [2.45, 2.75) is 17.4 Å². The number of hydrogen-bond donors (Lipinski definition) is 1. The van der Waals surface area contributed by atoms with Crippen LogP contribution in [0.15, 0.2) is 53.4 Å². The second kappa shape index (κ2) is 7.99. The zero-order chi connectivity index (χ0) is 22.2. The minimum absolute atomic E-state index is 0.100. The van der Waals surface area contributed by atoms with Gasteiger partial charge in [-0.05, 0) is 36.8 Å². The van der Waals surface area contributed by atoms with Crippen molar-refractivity contribution in [3.8, 4) is 0 Å². The van der Waals surface area contributed by atoms with Gasteiger partial charge in [0.1, 0.15) is 10.7 Å². The second-order valence-electron chi connectivity index (χ2n) is 7.13. The molecule has 9 nitrogen and oxygen atoms in total. The smallest absolute Gasteiger partial charge is 0.417 e. The molecular weight excluding hydrogens is 429 g/mol. The van der Waals surface area contributed by atoms with E-state index in [-0.39, 0.29) is 30.3 Å². The van der Waals surface area contributed by atoms with Crippen LogP contribution in [0.4, 0.5) is 14.9 Å². The van der Waals surface area contributed by atoms with Crippen molar-refractivity contribution in [3.63, 3.8) is 0 Å². The van der Waals surface area contributed by atoms with E-state index in [1.807, 2.05) is 0 Å². The number of ether oxygens (including phenoxy) is 1. The molecular formula is C20H18FN3O6S. The van der Waals surface area contributed by atoms with E-state index in [1.54, 1.807) is 0 Å². The number of sulfonamides is 1. The third-order valence-corrected chi connectivity index (χ3v) is 6.50. The molecule has 2 heterocycles. The molecule has 0 radical (unpaired) electrons. The average Bonchev–Trinajstić information content (AvgIpc) is 3.33. The minimum Gasteiger partial charge on any atom is -0.439 e. The lowest BCUT2D eigenvalue weighted by Gasteiger charge is -2.20. The van der Waals surface area contributed by atoms with Crippen LogP contribution >= 0.6 is 0 Å². The Morgan fingerprint density at radius 3 is 2.61 bits per heavy atom. The molecule has 162 valence electrons. The maximum Gasteiger partial charge on any atom is 0.417 e. The first-order valence-electron chi connectivity index (χ1n) is 9.42. The van der Waals surface area contributed by atoms with Crippen LogP contribution in [0, 0.1) is 5.82 Å². The highest BCUT2D eigenvalue weighted by atomic mass is 32.2. The van der Waals surface area contributed by atoms with E-state index < -0.39 is 38.8 Å². The summed E-state index contributed by atoms with van der Waals surface area (Å²) in [6.45, 7) is 0.185. The standard InChI is InChI=1S/C20H18FN3O6S/c21-16-6-1-2-7-17(16)31(28,29)22-14-5-3-4-13(10-14)19(26)23-9-8-15(11-23)24-18(25)12-30-20(24)27/h1-7,10,15,22H,8-9,11-12H2. The highest BCUT2D eigenvalue weighted by molar-refractivity contribution is 7.92. The number of imide groups is 1. The van der Waals surface area contributed by atoms with Gasteiger partial charge in [0, 0.05) is 24.3 Å². The van der Waals surface area contributed by atoms with Gasteiger partial charge in [-0.25, -0.2) is 22.5 Å². The summed E-state index contributed by atoms with van der Waals surface area (Å²) in [6, 6.07) is 10.3. The van der Waals surface area contributed by atoms with Gasteiger partial charge in [-0.1, -0.05) is 18.2 Å². The Kier molecular flexibility index (Phi) is 5.36. The summed E-state index contributed by atoms with van der Waals surface area (Å²) in [6.07, 6.45) is -0.291. The van der Waals surface area contributed by atoms with E-state index in [4.69, 9.17) is 4.74 Å². The van der Waals surface area contributed by atoms with Crippen molar-refractivity contribution in [1.29, 1.82) is 0 Å². The molecule has 11 heteroatoms. The van der Waals surface area contributed by atoms with Gasteiger partial charge in [0.05, 0.1) is 6.04 Å². The second-order valence-corrected chi connectivity index (χ2v) is 8.78. The number of nitrogens with one attached hydrogen (secondary N) is 1. The van der Waals surface area contributed by atoms with E-state index in [0.29, 0.717) is 13.0 Å². The number of rotatable bonds is 5. The predicted molar refractivity (Wildman–Crippen MR) is 106 cm³/mol. The molecule has 2 aromatic rings. The molecule has 0 bridgehead atoms. The van der Waals surface area contributed by atoms with Crippen LogP contribution in [-0.4, -0.2) is 61.9 Å². The summed E-state index contributed by atoms with van der Waals surface area (Å²) in [5, 5.41) is 0. The van der Waals surface area contributed by atoms with E-state index >= 15 is 0 Å². The van der Waals surface area contributed by atoms with Crippen molar-refractivity contribution in [2.24, 2.45) is 0 Å². The quantitative estimate of drug-likeness (QED) is 0.748. The molecule has 2 saturated heterocycles. The fraction of sp³-hybridized carbons (Fsp3) is 0.250. The summed E-state index contributed by atoms with van der Waals surface area (Å²) in [5.41, 5.74) is 0.313. The summed E-state index contributed by atoms with van der Waals surface area (Å²) < 4.78 is 45.8. The van der Waals surface area contributed by atoms with Crippen LogP contribution in [0.2, 0.25) is 0 Å². The Labute approximate surface area is 177 Å². The predicted octanol–water partition coefficient (Wildman–Crippen LogP) is 1.82. The Morgan fingerprint density at radius 2 is 1.90 bits per heavy atom. The number of carbonyl (C=O) groups is 3. The van der Waals surface area contributed by atoms with Gasteiger partial charge in [-0.3, -0.25) is 14.3 Å². The first-order chi connectivity index (χ1) is 14.8. The van der Waals surface area contributed by atoms with Gasteiger partial charge >= 0.3 is 6.09 Å². The molecule has 1 N–H and O–H groups in total. The summed E-state index contributed by atoms with van der Waals surface area (Å²) >= 11 is 0. The number of anilines is 1. The Hall–Kier alpha value is -3.47. The van der Waals surface area contributed by atoms with E-state index in [9.17, 15) is 27.2 Å². The number of likely N-dealkylation sites (tertiary alicyclic amines) is 1. The topological polar surface area (TPSA) is 113 Å². The first kappa shape index (κ1) is 20.8. The molecule has 0 aliphatic carbocycles. The monoisotopic (exact) mass is 447 g/mol. The van der Waals surface area contributed by atoms with Crippen LogP contribution in [0.3, 0.4) is 0 Å². The number of carbonyl (C=O) groups excluding carboxylic acids is 3. The van der Waals surface area contributed by atoms with Gasteiger partial charge in [0.15, 0.2) is 6.61 Å². The zero-order valence-electron chi connectivity index (χ0n) is 16.2. The highest BCUT2D eigenvalue weighted by Gasteiger charge is 2.41. The van der Waals surface area contributed by atoms with E-state index in [2.05, 4.69) is 4.72 Å². The van der Waals surface area contributed by atoms with Gasteiger partial charge < -0.3 is 9.64 Å². The first-order valence-corrected chi connectivity index (χ1v) is 10.9. The Bertz CT molecular complexity index is 1150. The van der Waals surface area contributed by atoms with Crippen LogP contribution in [0.5, 0.6) is 0 Å². The van der Waals surface area contributed by atoms with Crippen LogP contribution in [-0.2, 0) is 19.6 Å². The maximum atomic E-state index is 13.9. The fourth-order valence-corrected chi connectivity index (χ4v) is 4.75. The van der Waals surface area contributed by atoms with E-state index in [1.165, 1.54) is 41.3 Å². The van der Waals surface area contributed by atoms with Crippen molar-refractivity contribution in [1.82, 2.24) is 9.80 Å². The Morgan fingerprint density at radius 1 is 1.13 bits per heavy atom. The summed E-state index contributed by atoms with van der Waals surface area (Å²) in [4.78, 5) is 38.4. The van der Waals surface area contributed by atoms with Gasteiger partial charge in [-0.15, -0.1) is 0 Å². The molecule has 0 spiro atoms. The minimum atomic E-state index is -4.18. The molecule has 4 rings (SSSR count). The third-order valence-electron chi connectivity index (χ3n) is 5.09. The van der Waals surface area contributed by atoms with Crippen molar-refractivity contribution < 1.29 is 31.9 Å². The van der Waals surface area contributed by atoms with Crippen LogP contribution < -0.4 is 4.72 Å². The van der Waals surface area contributed by atoms with Crippen molar-refractivity contribution in [2.75, 3.05) is 24.4 Å². The molecule has 1 atom stereocenters. The number of nitrogens with zero attached hydrogens (tertiary/aromatic N) is 2. The van der Waals surface area contributed by atoms with Crippen LogP contribution in [0.1, 0.15) is 16.8 Å². The van der Waals surface area contributed by atoms with Crippen LogP contribution in [0.25, 0.3) is 0 Å².